The molecule has 0 spiro atoms. The molecule has 1 saturated heterocycles. The maximum Gasteiger partial charge on any atom is 0.289 e. The Kier molecular flexibility index (Phi) is 2.25. The van der Waals surface area contributed by atoms with Crippen LogP contribution in [0.2, 0.25) is 0 Å². The lowest BCUT2D eigenvalue weighted by atomic mass is 10.2. The van der Waals surface area contributed by atoms with Gasteiger partial charge in [-0.15, -0.1) is 11.3 Å². The molecule has 2 aliphatic rings. The van der Waals surface area contributed by atoms with Gasteiger partial charge in [-0.2, -0.15) is 15.4 Å². The summed E-state index contributed by atoms with van der Waals surface area (Å²) in [6, 6.07) is 4.11. The Balaban J connectivity index is 1.97. The van der Waals surface area contributed by atoms with Gasteiger partial charge in [-0.05, 0) is 11.4 Å². The zero-order valence-corrected chi connectivity index (χ0v) is 10.1. The molecule has 1 unspecified atom stereocenters. The Morgan fingerprint density at radius 2 is 2.31 bits per heavy atom. The van der Waals surface area contributed by atoms with Gasteiger partial charge in [-0.3, -0.25) is 5.41 Å². The molecule has 82 valence electrons. The smallest absolute Gasteiger partial charge is 0.289 e. The predicted octanol–water partition coefficient (Wildman–Crippen LogP) is 1.87. The third-order valence-corrected chi connectivity index (χ3v) is 4.61. The highest BCUT2D eigenvalue weighted by molar-refractivity contribution is 8.26. The van der Waals surface area contributed by atoms with E-state index in [9.17, 15) is 0 Å². The molecular weight excluding hydrogens is 240 g/mol. The number of hydrogen-bond acceptors (Lipinski definition) is 5. The number of quaternary nitrogens is 1. The van der Waals surface area contributed by atoms with E-state index in [1.807, 2.05) is 12.3 Å². The quantitative estimate of drug-likeness (QED) is 0.591. The molecule has 0 bridgehead atoms. The minimum atomic E-state index is 0.271. The highest BCUT2D eigenvalue weighted by Crippen LogP contribution is 2.33. The fourth-order valence-corrected chi connectivity index (χ4v) is 3.56. The van der Waals surface area contributed by atoms with Crippen LogP contribution >= 0.6 is 23.1 Å². The van der Waals surface area contributed by atoms with Crippen molar-refractivity contribution in [1.82, 2.24) is 0 Å². The first-order valence-electron chi connectivity index (χ1n) is 4.90. The molecule has 3 N–H and O–H groups in total. The van der Waals surface area contributed by atoms with Crippen LogP contribution in [0.15, 0.2) is 28.7 Å². The fraction of sp³-hybridized carbons (Fsp3) is 0.200. The number of nitrogens with one attached hydrogen (secondary N) is 1. The lowest BCUT2D eigenvalue weighted by Crippen LogP contribution is -2.57. The van der Waals surface area contributed by atoms with Crippen molar-refractivity contribution in [3.05, 3.63) is 28.6 Å². The standard InChI is InChI=1S/C10H11N4S2/c11-9-6-14(12)5-7(4-13-10(14)16-9)8-2-1-3-15-8/h1-4,11H,5-6,12H2/q+1. The number of thioether (sulfide) groups is 1. The first-order chi connectivity index (χ1) is 7.67. The van der Waals surface area contributed by atoms with Crippen LogP contribution < -0.4 is 5.84 Å². The van der Waals surface area contributed by atoms with Crippen LogP contribution in [-0.2, 0) is 0 Å². The molecule has 6 heteroatoms. The molecule has 4 nitrogen and oxygen atoms in total. The number of thiophene rings is 1. The maximum absolute atomic E-state index is 7.68. The predicted molar refractivity (Wildman–Crippen MR) is 69.2 cm³/mol. The van der Waals surface area contributed by atoms with Gasteiger partial charge in [0.05, 0.1) is 0 Å². The summed E-state index contributed by atoms with van der Waals surface area (Å²) in [4.78, 5) is 5.60. The molecule has 0 radical (unpaired) electrons. The van der Waals surface area contributed by atoms with E-state index in [-0.39, 0.29) is 4.59 Å². The second-order valence-electron chi connectivity index (χ2n) is 3.92. The van der Waals surface area contributed by atoms with Crippen LogP contribution in [0.4, 0.5) is 0 Å². The first-order valence-corrected chi connectivity index (χ1v) is 6.59. The minimum Gasteiger partial charge on any atom is -0.292 e. The van der Waals surface area contributed by atoms with Crippen molar-refractivity contribution in [2.45, 2.75) is 0 Å². The summed E-state index contributed by atoms with van der Waals surface area (Å²) in [7, 11) is 0. The molecule has 0 saturated carbocycles. The molecule has 0 aromatic carbocycles. The molecule has 1 fully saturated rings. The van der Waals surface area contributed by atoms with Gasteiger partial charge in [0, 0.05) is 28.4 Å². The average molecular weight is 251 g/mol. The summed E-state index contributed by atoms with van der Waals surface area (Å²) in [5.74, 6) is 6.26. The van der Waals surface area contributed by atoms with E-state index in [4.69, 9.17) is 11.3 Å². The van der Waals surface area contributed by atoms with Crippen molar-refractivity contribution in [1.29, 1.82) is 5.41 Å². The minimum absolute atomic E-state index is 0.271. The molecule has 0 amide bonds. The van der Waals surface area contributed by atoms with Gasteiger partial charge in [0.1, 0.15) is 11.6 Å². The topological polar surface area (TPSA) is 62.2 Å². The third-order valence-electron chi connectivity index (χ3n) is 2.64. The van der Waals surface area contributed by atoms with Crippen molar-refractivity contribution in [3.8, 4) is 0 Å². The van der Waals surface area contributed by atoms with Crippen LogP contribution in [0.5, 0.6) is 0 Å². The number of fused-ring (bicyclic) bond motifs is 1. The van der Waals surface area contributed by atoms with E-state index < -0.39 is 0 Å². The summed E-state index contributed by atoms with van der Waals surface area (Å²) < 4.78 is 0.271. The highest BCUT2D eigenvalue weighted by atomic mass is 32.2. The SMILES string of the molecule is N=C1C[N+]2(N)CC(c3cccs3)=CN=C2S1. The Hall–Kier alpha value is -0.950. The van der Waals surface area contributed by atoms with Gasteiger partial charge >= 0.3 is 0 Å². The van der Waals surface area contributed by atoms with Crippen molar-refractivity contribution < 1.29 is 4.59 Å². The van der Waals surface area contributed by atoms with Crippen molar-refractivity contribution >= 4 is 38.9 Å². The van der Waals surface area contributed by atoms with E-state index in [0.29, 0.717) is 11.6 Å². The summed E-state index contributed by atoms with van der Waals surface area (Å²) in [5.41, 5.74) is 1.16. The van der Waals surface area contributed by atoms with Crippen molar-refractivity contribution in [2.75, 3.05) is 13.1 Å². The molecular formula is C10H11N4S2+. The van der Waals surface area contributed by atoms with Crippen LogP contribution in [-0.4, -0.2) is 27.9 Å². The number of nitrogens with zero attached hydrogens (tertiary/aromatic N) is 2. The van der Waals surface area contributed by atoms with Gasteiger partial charge in [0.2, 0.25) is 0 Å². The van der Waals surface area contributed by atoms with E-state index in [2.05, 4.69) is 16.4 Å². The van der Waals surface area contributed by atoms with Gasteiger partial charge < -0.3 is 0 Å². The van der Waals surface area contributed by atoms with E-state index in [1.54, 1.807) is 11.3 Å². The lowest BCUT2D eigenvalue weighted by Gasteiger charge is -2.28. The maximum atomic E-state index is 7.68. The van der Waals surface area contributed by atoms with Crippen LogP contribution in [0.3, 0.4) is 0 Å². The summed E-state index contributed by atoms with van der Waals surface area (Å²) in [5, 5.41) is 11.2. The largest absolute Gasteiger partial charge is 0.292 e. The van der Waals surface area contributed by atoms with Crippen molar-refractivity contribution in [3.63, 3.8) is 0 Å². The molecule has 3 heterocycles. The Morgan fingerprint density at radius 3 is 3.06 bits per heavy atom. The Labute approximate surface area is 102 Å². The monoisotopic (exact) mass is 251 g/mol. The van der Waals surface area contributed by atoms with Gasteiger partial charge in [0.15, 0.2) is 6.54 Å². The number of rotatable bonds is 1. The normalized spacial score (nSPS) is 28.7. The third kappa shape index (κ3) is 1.54. The van der Waals surface area contributed by atoms with Crippen molar-refractivity contribution in [2.24, 2.45) is 10.8 Å². The average Bonchev–Trinajstić information content (AvgIpc) is 2.81. The summed E-state index contributed by atoms with van der Waals surface area (Å²) in [6.45, 7) is 1.29. The number of aliphatic imine (C=N–C) groups is 1. The molecule has 0 aliphatic carbocycles. The second kappa shape index (κ2) is 3.53. The molecule has 1 aromatic heterocycles. The van der Waals surface area contributed by atoms with Gasteiger partial charge in [0.25, 0.3) is 5.17 Å². The molecule has 1 atom stereocenters. The van der Waals surface area contributed by atoms with E-state index >= 15 is 0 Å². The van der Waals surface area contributed by atoms with E-state index in [0.717, 1.165) is 17.3 Å². The van der Waals surface area contributed by atoms with E-state index in [1.165, 1.54) is 16.6 Å². The lowest BCUT2D eigenvalue weighted by molar-refractivity contribution is -0.831. The van der Waals surface area contributed by atoms with Gasteiger partial charge in [-0.1, -0.05) is 6.07 Å². The zero-order valence-electron chi connectivity index (χ0n) is 8.51. The van der Waals surface area contributed by atoms with Crippen LogP contribution in [0.25, 0.3) is 5.57 Å². The molecule has 2 aliphatic heterocycles. The first kappa shape index (κ1) is 10.2. The number of nitrogens with two attached hydrogens (primary N) is 1. The zero-order chi connectivity index (χ0) is 11.2. The second-order valence-corrected chi connectivity index (χ2v) is 5.93. The highest BCUT2D eigenvalue weighted by Gasteiger charge is 2.44. The fourth-order valence-electron chi connectivity index (χ4n) is 1.90. The van der Waals surface area contributed by atoms with Gasteiger partial charge in [-0.25, -0.2) is 0 Å². The summed E-state index contributed by atoms with van der Waals surface area (Å²) >= 11 is 3.09. The Bertz CT molecular complexity index is 503. The summed E-state index contributed by atoms with van der Waals surface area (Å²) in [6.07, 6.45) is 1.89. The molecule has 1 aromatic rings. The van der Waals surface area contributed by atoms with Crippen LogP contribution in [0, 0.1) is 5.41 Å². The number of amidine groups is 1. The molecule has 3 rings (SSSR count). The Morgan fingerprint density at radius 1 is 1.44 bits per heavy atom. The number of hydrogen-bond donors (Lipinski definition) is 2. The van der Waals surface area contributed by atoms with Crippen LogP contribution in [0.1, 0.15) is 4.88 Å². The molecule has 16 heavy (non-hydrogen) atoms.